The number of carbonyl (C=O) groups is 1. The predicted octanol–water partition coefficient (Wildman–Crippen LogP) is 4.43. The first-order valence-electron chi connectivity index (χ1n) is 9.70. The van der Waals surface area contributed by atoms with Gasteiger partial charge >= 0.3 is 0 Å². The minimum atomic E-state index is -0.167. The molecule has 0 saturated heterocycles. The van der Waals surface area contributed by atoms with Gasteiger partial charge in [0, 0.05) is 29.4 Å². The Labute approximate surface area is 183 Å². The average Bonchev–Trinajstić information content (AvgIpc) is 3.19. The summed E-state index contributed by atoms with van der Waals surface area (Å²) in [6.45, 7) is 6.97. The summed E-state index contributed by atoms with van der Waals surface area (Å²) < 4.78 is 0. The first-order chi connectivity index (χ1) is 12.9. The van der Waals surface area contributed by atoms with Crippen molar-refractivity contribution in [3.8, 4) is 0 Å². The van der Waals surface area contributed by atoms with Crippen LogP contribution in [0, 0.1) is 11.3 Å². The molecule has 1 amide bonds. The number of fused-ring (bicyclic) bond motifs is 1. The van der Waals surface area contributed by atoms with E-state index in [0.717, 1.165) is 35.4 Å². The smallest absolute Gasteiger partial charge is 0.276 e. The Hall–Kier alpha value is -2.05. The topological polar surface area (TPSA) is 82.2 Å². The highest BCUT2D eigenvalue weighted by molar-refractivity contribution is 6.14. The number of carbonyl (C=O) groups excluding carboxylic acids is 1. The van der Waals surface area contributed by atoms with E-state index in [1.54, 1.807) is 12.3 Å². The highest BCUT2D eigenvalue weighted by atomic mass is 35.5. The third-order valence-electron chi connectivity index (χ3n) is 5.76. The molecule has 0 aromatic carbocycles. The molecule has 0 atom stereocenters. The molecule has 2 aromatic heterocycles. The van der Waals surface area contributed by atoms with E-state index in [1.165, 1.54) is 12.8 Å². The van der Waals surface area contributed by atoms with Crippen LogP contribution in [-0.2, 0) is 4.79 Å². The van der Waals surface area contributed by atoms with Crippen molar-refractivity contribution in [3.63, 3.8) is 0 Å². The highest BCUT2D eigenvalue weighted by Crippen LogP contribution is 2.37. The first-order valence-corrected chi connectivity index (χ1v) is 9.70. The lowest BCUT2D eigenvalue weighted by atomic mass is 9.71. The van der Waals surface area contributed by atoms with Crippen molar-refractivity contribution in [3.05, 3.63) is 35.8 Å². The summed E-state index contributed by atoms with van der Waals surface area (Å²) in [5.41, 5.74) is 2.51. The molecule has 4 rings (SSSR count). The number of rotatable bonds is 2. The molecule has 1 fully saturated rings. The van der Waals surface area contributed by atoms with E-state index in [-0.39, 0.29) is 30.7 Å². The maximum absolute atomic E-state index is 12.3. The number of H-pyrrole nitrogens is 1. The Balaban J connectivity index is 0.00000150. The molecule has 158 valence electrons. The van der Waals surface area contributed by atoms with Crippen LogP contribution >= 0.6 is 24.8 Å². The number of guanidine groups is 1. The summed E-state index contributed by atoms with van der Waals surface area (Å²) in [4.78, 5) is 24.2. The lowest BCUT2D eigenvalue weighted by Crippen LogP contribution is -2.44. The maximum atomic E-state index is 12.3. The maximum Gasteiger partial charge on any atom is 0.276 e. The van der Waals surface area contributed by atoms with E-state index in [0.29, 0.717) is 23.1 Å². The second kappa shape index (κ2) is 9.18. The summed E-state index contributed by atoms with van der Waals surface area (Å²) in [7, 11) is 0. The number of aromatic nitrogens is 2. The largest absolute Gasteiger partial charge is 0.353 e. The fourth-order valence-electron chi connectivity index (χ4n) is 4.08. The van der Waals surface area contributed by atoms with Gasteiger partial charge in [0.25, 0.3) is 5.91 Å². The van der Waals surface area contributed by atoms with Gasteiger partial charge in [0.1, 0.15) is 11.3 Å². The standard InChI is InChI=1S/C21H27N5O.2ClH/c1-21(2,3)14-6-8-15(9-7-14)24-20-25-17(19(27)26-20)11-13-12-23-18-16(13)5-4-10-22-18;;/h4-5,10-12,14-15H,6-9H2,1-3H3,(H,22,23)(H2,24,25,26,27);2*1H/b17-11-;;. The van der Waals surface area contributed by atoms with Crippen LogP contribution in [0.4, 0.5) is 0 Å². The third-order valence-corrected chi connectivity index (χ3v) is 5.76. The summed E-state index contributed by atoms with van der Waals surface area (Å²) in [5, 5.41) is 7.26. The number of nitrogens with one attached hydrogen (secondary N) is 3. The number of pyridine rings is 1. The predicted molar refractivity (Wildman–Crippen MR) is 122 cm³/mol. The molecule has 0 unspecified atom stereocenters. The molecule has 6 nitrogen and oxygen atoms in total. The van der Waals surface area contributed by atoms with Crippen LogP contribution in [0.2, 0.25) is 0 Å². The summed E-state index contributed by atoms with van der Waals surface area (Å²) in [6, 6.07) is 4.24. The van der Waals surface area contributed by atoms with Crippen molar-refractivity contribution in [2.45, 2.75) is 52.5 Å². The van der Waals surface area contributed by atoms with Crippen LogP contribution in [0.15, 0.2) is 35.2 Å². The normalized spacial score (nSPS) is 23.2. The van der Waals surface area contributed by atoms with Crippen molar-refractivity contribution < 1.29 is 4.79 Å². The van der Waals surface area contributed by atoms with Crippen LogP contribution in [-0.4, -0.2) is 27.9 Å². The number of hydrogen-bond acceptors (Lipinski definition) is 4. The van der Waals surface area contributed by atoms with Gasteiger partial charge < -0.3 is 10.3 Å². The molecule has 8 heteroatoms. The summed E-state index contributed by atoms with van der Waals surface area (Å²) in [5.74, 6) is 1.17. The van der Waals surface area contributed by atoms with Crippen molar-refractivity contribution in [2.24, 2.45) is 16.3 Å². The Kier molecular flexibility index (Phi) is 7.35. The van der Waals surface area contributed by atoms with Gasteiger partial charge in [-0.2, -0.15) is 0 Å². The zero-order valence-electron chi connectivity index (χ0n) is 17.0. The minimum Gasteiger partial charge on any atom is -0.353 e. The lowest BCUT2D eigenvalue weighted by Gasteiger charge is -2.37. The Bertz CT molecular complexity index is 921. The number of halogens is 2. The highest BCUT2D eigenvalue weighted by Gasteiger charge is 2.31. The fourth-order valence-corrected chi connectivity index (χ4v) is 4.08. The van der Waals surface area contributed by atoms with Gasteiger partial charge in [-0.25, -0.2) is 9.98 Å². The first kappa shape index (κ1) is 23.2. The van der Waals surface area contributed by atoms with Crippen LogP contribution in [0.5, 0.6) is 0 Å². The second-order valence-electron chi connectivity index (χ2n) is 8.65. The third kappa shape index (κ3) is 5.11. The molecule has 1 aliphatic heterocycles. The Morgan fingerprint density at radius 2 is 1.90 bits per heavy atom. The quantitative estimate of drug-likeness (QED) is 0.607. The summed E-state index contributed by atoms with van der Waals surface area (Å²) in [6.07, 6.45) is 10.1. The molecular formula is C21H29Cl2N5O. The molecule has 2 aliphatic rings. The average molecular weight is 438 g/mol. The van der Waals surface area contributed by atoms with Gasteiger partial charge in [-0.15, -0.1) is 24.8 Å². The van der Waals surface area contributed by atoms with E-state index >= 15 is 0 Å². The SMILES string of the molecule is CC(C)(C)C1CCC(NC2=N/C(=C\c3c[nH]c4ncccc34)C(=O)N2)CC1.Cl.Cl. The lowest BCUT2D eigenvalue weighted by molar-refractivity contribution is -0.115. The number of nitrogens with zero attached hydrogens (tertiary/aromatic N) is 2. The number of aliphatic imine (C=N–C) groups is 1. The van der Waals surface area contributed by atoms with Crippen LogP contribution < -0.4 is 10.6 Å². The van der Waals surface area contributed by atoms with Gasteiger partial charge in [0.15, 0.2) is 0 Å². The zero-order valence-corrected chi connectivity index (χ0v) is 18.6. The van der Waals surface area contributed by atoms with E-state index < -0.39 is 0 Å². The molecule has 0 bridgehead atoms. The molecule has 2 aromatic rings. The number of amides is 1. The van der Waals surface area contributed by atoms with Crippen molar-refractivity contribution in [2.75, 3.05) is 0 Å². The molecule has 0 radical (unpaired) electrons. The van der Waals surface area contributed by atoms with Gasteiger partial charge in [-0.3, -0.25) is 10.1 Å². The van der Waals surface area contributed by atoms with Crippen LogP contribution in [0.3, 0.4) is 0 Å². The Morgan fingerprint density at radius 3 is 2.59 bits per heavy atom. The van der Waals surface area contributed by atoms with Crippen molar-refractivity contribution in [1.29, 1.82) is 0 Å². The van der Waals surface area contributed by atoms with Gasteiger partial charge in [-0.1, -0.05) is 20.8 Å². The van der Waals surface area contributed by atoms with Crippen molar-refractivity contribution in [1.82, 2.24) is 20.6 Å². The second-order valence-corrected chi connectivity index (χ2v) is 8.65. The molecule has 3 N–H and O–H groups in total. The zero-order chi connectivity index (χ0) is 19.0. The van der Waals surface area contributed by atoms with E-state index in [4.69, 9.17) is 0 Å². The monoisotopic (exact) mass is 437 g/mol. The van der Waals surface area contributed by atoms with Crippen molar-refractivity contribution >= 4 is 53.8 Å². The van der Waals surface area contributed by atoms with E-state index in [2.05, 4.69) is 46.4 Å². The van der Waals surface area contributed by atoms with Crippen LogP contribution in [0.25, 0.3) is 17.1 Å². The van der Waals surface area contributed by atoms with Gasteiger partial charge in [-0.05, 0) is 55.2 Å². The molecular weight excluding hydrogens is 409 g/mol. The van der Waals surface area contributed by atoms with E-state index in [9.17, 15) is 4.79 Å². The Morgan fingerprint density at radius 1 is 1.17 bits per heavy atom. The van der Waals surface area contributed by atoms with Gasteiger partial charge in [0.05, 0.1) is 0 Å². The minimum absolute atomic E-state index is 0. The fraction of sp³-hybridized carbons (Fsp3) is 0.476. The van der Waals surface area contributed by atoms with E-state index in [1.807, 2.05) is 18.3 Å². The molecule has 3 heterocycles. The summed E-state index contributed by atoms with van der Waals surface area (Å²) >= 11 is 0. The number of aromatic amines is 1. The molecule has 1 aliphatic carbocycles. The number of hydrogen-bond donors (Lipinski definition) is 3. The van der Waals surface area contributed by atoms with Crippen LogP contribution in [0.1, 0.15) is 52.0 Å². The molecule has 29 heavy (non-hydrogen) atoms. The van der Waals surface area contributed by atoms with Gasteiger partial charge in [0.2, 0.25) is 5.96 Å². The molecule has 1 saturated carbocycles. The molecule has 0 spiro atoms.